The van der Waals surface area contributed by atoms with Crippen LogP contribution in [-0.4, -0.2) is 48.6 Å². The van der Waals surface area contributed by atoms with Crippen molar-refractivity contribution in [3.8, 4) is 95.7 Å². The van der Waals surface area contributed by atoms with Crippen LogP contribution < -0.4 is 0 Å². The number of hydrogen-bond acceptors (Lipinski definition) is 7. The Balaban J connectivity index is 0.881. The van der Waals surface area contributed by atoms with Crippen LogP contribution >= 0.6 is 0 Å². The zero-order valence-corrected chi connectivity index (χ0v) is 46.7. The van der Waals surface area contributed by atoms with E-state index in [1.165, 1.54) is 0 Å². The molecule has 0 aliphatic rings. The van der Waals surface area contributed by atoms with Crippen LogP contribution in [0.1, 0.15) is 0 Å². The largest absolute Gasteiger partial charge is 0.309 e. The highest BCUT2D eigenvalue weighted by atomic mass is 15.0. The molecule has 0 fully saturated rings. The van der Waals surface area contributed by atoms with Crippen LogP contribution in [0.4, 0.5) is 0 Å². The predicted octanol–water partition coefficient (Wildman–Crippen LogP) is 18.4. The van der Waals surface area contributed by atoms with E-state index in [4.69, 9.17) is 15.0 Å². The number of fused-ring (bicyclic) bond motifs is 9. The standard InChI is InChI=1S/C77H48N10/c1-3-7-53(8-4-1)75-82-76(54-9-5-2-6-10-54)84-77(83-75)55-11-17-60(18-12-55)85-73-25-19-61(86-69-21-13-56(49-27-35-78-36-28-49)43-63(69)64-44-57(14-22-70(64)86)50-29-37-79-38-30-50)47-67(73)68-48-62(20-26-74(68)85)87-71-23-15-58(51-31-39-80-40-32-51)45-65(71)66-46-59(16-24-72(66)87)52-33-41-81-42-34-52/h1-48H. The Kier molecular flexibility index (Phi) is 11.6. The van der Waals surface area contributed by atoms with E-state index in [0.717, 1.165) is 144 Å². The summed E-state index contributed by atoms with van der Waals surface area (Å²) >= 11 is 0. The van der Waals surface area contributed by atoms with Crippen LogP contribution in [0.15, 0.2) is 292 Å². The second kappa shape index (κ2) is 20.4. The second-order valence-corrected chi connectivity index (χ2v) is 21.9. The molecule has 0 saturated carbocycles. The zero-order valence-electron chi connectivity index (χ0n) is 46.7. The molecule has 0 saturated heterocycles. The Bertz CT molecular complexity index is 4960. The van der Waals surface area contributed by atoms with Gasteiger partial charge in [0.05, 0.1) is 33.1 Å². The summed E-state index contributed by atoms with van der Waals surface area (Å²) in [5, 5.41) is 6.88. The molecule has 0 amide bonds. The van der Waals surface area contributed by atoms with E-state index in [1.54, 1.807) is 0 Å². The first-order chi connectivity index (χ1) is 43.1. The second-order valence-electron chi connectivity index (χ2n) is 21.9. The van der Waals surface area contributed by atoms with Crippen LogP contribution in [0.2, 0.25) is 0 Å². The third-order valence-electron chi connectivity index (χ3n) is 16.9. The molecule has 17 rings (SSSR count). The molecule has 8 heterocycles. The number of pyridine rings is 4. The monoisotopic (exact) mass is 1110 g/mol. The van der Waals surface area contributed by atoms with Gasteiger partial charge in [-0.05, 0) is 202 Å². The fraction of sp³-hybridized carbons (Fsp3) is 0. The lowest BCUT2D eigenvalue weighted by atomic mass is 10.0. The van der Waals surface area contributed by atoms with Crippen molar-refractivity contribution in [2.75, 3.05) is 0 Å². The molecule has 0 atom stereocenters. The van der Waals surface area contributed by atoms with Crippen LogP contribution in [0.3, 0.4) is 0 Å². The molecule has 8 aromatic heterocycles. The van der Waals surface area contributed by atoms with Gasteiger partial charge >= 0.3 is 0 Å². The van der Waals surface area contributed by atoms with E-state index in [1.807, 2.05) is 110 Å². The van der Waals surface area contributed by atoms with Gasteiger partial charge in [-0.15, -0.1) is 0 Å². The van der Waals surface area contributed by atoms with Crippen LogP contribution in [0.25, 0.3) is 161 Å². The van der Waals surface area contributed by atoms with E-state index in [-0.39, 0.29) is 0 Å². The van der Waals surface area contributed by atoms with Crippen molar-refractivity contribution in [3.63, 3.8) is 0 Å². The molecule has 0 unspecified atom stereocenters. The first kappa shape index (κ1) is 49.6. The van der Waals surface area contributed by atoms with Gasteiger partial charge in [0.25, 0.3) is 0 Å². The van der Waals surface area contributed by atoms with E-state index < -0.39 is 0 Å². The Morgan fingerprint density at radius 3 is 0.736 bits per heavy atom. The first-order valence-corrected chi connectivity index (χ1v) is 29.0. The summed E-state index contributed by atoms with van der Waals surface area (Å²) in [4.78, 5) is 32.5. The summed E-state index contributed by atoms with van der Waals surface area (Å²) in [5.41, 5.74) is 21.4. The van der Waals surface area contributed by atoms with E-state index in [2.05, 4.69) is 216 Å². The highest BCUT2D eigenvalue weighted by Gasteiger charge is 2.22. The van der Waals surface area contributed by atoms with Gasteiger partial charge in [0.1, 0.15) is 0 Å². The minimum Gasteiger partial charge on any atom is -0.309 e. The summed E-state index contributed by atoms with van der Waals surface area (Å²) in [6.45, 7) is 0. The lowest BCUT2D eigenvalue weighted by Crippen LogP contribution is -2.00. The maximum absolute atomic E-state index is 5.08. The molecule has 406 valence electrons. The molecular weight excluding hydrogens is 1060 g/mol. The maximum atomic E-state index is 5.08. The SMILES string of the molecule is c1ccc(-c2nc(-c3ccccc3)nc(-c3ccc(-n4c5ccc(-n6c7ccc(-c8ccncc8)cc7c7cc(-c8ccncc8)ccc76)cc5c5cc(-n6c7ccc(-c8ccncc8)cc7c7cc(-c8ccncc8)ccc76)ccc54)cc3)n2)cc1. The molecule has 0 aliphatic heterocycles. The highest BCUT2D eigenvalue weighted by molar-refractivity contribution is 6.15. The molecular formula is C77H48N10. The Morgan fingerprint density at radius 2 is 0.425 bits per heavy atom. The normalized spacial score (nSPS) is 11.7. The van der Waals surface area contributed by atoms with Gasteiger partial charge in [-0.25, -0.2) is 15.0 Å². The topological polar surface area (TPSA) is 105 Å². The number of aromatic nitrogens is 10. The lowest BCUT2D eigenvalue weighted by Gasteiger charge is -2.12. The number of nitrogens with zero attached hydrogens (tertiary/aromatic N) is 10. The summed E-state index contributed by atoms with van der Waals surface area (Å²) in [5.74, 6) is 1.84. The minimum absolute atomic E-state index is 0.602. The van der Waals surface area contributed by atoms with E-state index in [0.29, 0.717) is 17.5 Å². The van der Waals surface area contributed by atoms with Gasteiger partial charge in [0, 0.05) is 116 Å². The van der Waals surface area contributed by atoms with Crippen molar-refractivity contribution >= 4 is 65.4 Å². The molecule has 0 aliphatic carbocycles. The Labute approximate surface area is 499 Å². The zero-order chi connectivity index (χ0) is 57.4. The van der Waals surface area contributed by atoms with Crippen molar-refractivity contribution in [3.05, 3.63) is 292 Å². The van der Waals surface area contributed by atoms with Gasteiger partial charge < -0.3 is 13.7 Å². The van der Waals surface area contributed by atoms with Gasteiger partial charge in [0.2, 0.25) is 0 Å². The van der Waals surface area contributed by atoms with Crippen molar-refractivity contribution in [2.24, 2.45) is 0 Å². The average molecular weight is 1110 g/mol. The molecule has 87 heavy (non-hydrogen) atoms. The van der Waals surface area contributed by atoms with Gasteiger partial charge in [0.15, 0.2) is 17.5 Å². The van der Waals surface area contributed by atoms with Crippen LogP contribution in [0.5, 0.6) is 0 Å². The van der Waals surface area contributed by atoms with Gasteiger partial charge in [-0.3, -0.25) is 19.9 Å². The summed E-state index contributed by atoms with van der Waals surface area (Å²) in [7, 11) is 0. The smallest absolute Gasteiger partial charge is 0.164 e. The van der Waals surface area contributed by atoms with Crippen LogP contribution in [0, 0.1) is 0 Å². The molecule has 10 heteroatoms. The van der Waals surface area contributed by atoms with Crippen molar-refractivity contribution in [1.82, 2.24) is 48.6 Å². The number of hydrogen-bond donors (Lipinski definition) is 0. The average Bonchev–Trinajstić information content (AvgIpc) is 1.86. The fourth-order valence-electron chi connectivity index (χ4n) is 12.8. The number of rotatable bonds is 10. The van der Waals surface area contributed by atoms with Crippen molar-refractivity contribution in [2.45, 2.75) is 0 Å². The number of benzene rings is 9. The third-order valence-corrected chi connectivity index (χ3v) is 16.9. The van der Waals surface area contributed by atoms with Gasteiger partial charge in [-0.1, -0.05) is 84.9 Å². The first-order valence-electron chi connectivity index (χ1n) is 29.0. The molecule has 0 N–H and O–H groups in total. The fourth-order valence-corrected chi connectivity index (χ4v) is 12.8. The molecule has 0 spiro atoms. The molecule has 17 aromatic rings. The Morgan fingerprint density at radius 1 is 0.184 bits per heavy atom. The third kappa shape index (κ3) is 8.53. The van der Waals surface area contributed by atoms with Crippen molar-refractivity contribution in [1.29, 1.82) is 0 Å². The minimum atomic E-state index is 0.602. The molecule has 0 bridgehead atoms. The van der Waals surface area contributed by atoms with E-state index >= 15 is 0 Å². The van der Waals surface area contributed by atoms with Gasteiger partial charge in [-0.2, -0.15) is 0 Å². The van der Waals surface area contributed by atoms with Crippen LogP contribution in [-0.2, 0) is 0 Å². The Hall–Kier alpha value is -12.0. The van der Waals surface area contributed by atoms with Crippen molar-refractivity contribution < 1.29 is 0 Å². The molecule has 9 aromatic carbocycles. The summed E-state index contributed by atoms with van der Waals surface area (Å²) < 4.78 is 7.24. The summed E-state index contributed by atoms with van der Waals surface area (Å²) in [6.07, 6.45) is 14.9. The predicted molar refractivity (Wildman–Crippen MR) is 352 cm³/mol. The molecule has 0 radical (unpaired) electrons. The maximum Gasteiger partial charge on any atom is 0.164 e. The van der Waals surface area contributed by atoms with E-state index in [9.17, 15) is 0 Å². The molecule has 10 nitrogen and oxygen atoms in total. The highest BCUT2D eigenvalue weighted by Crippen LogP contribution is 2.43. The lowest BCUT2D eigenvalue weighted by molar-refractivity contribution is 1.07. The summed E-state index contributed by atoms with van der Waals surface area (Å²) in [6, 6.07) is 86.6. The quantitative estimate of drug-likeness (QED) is 0.134.